The minimum absolute atomic E-state index is 0.00447. The minimum atomic E-state index is -0.713. The number of ketones is 1. The zero-order valence-electron chi connectivity index (χ0n) is 14.0. The number of carbonyl (C=O) groups is 3. The van der Waals surface area contributed by atoms with Gasteiger partial charge in [0.2, 0.25) is 11.8 Å². The molecule has 23 heavy (non-hydrogen) atoms. The topological polar surface area (TPSA) is 98.5 Å². The number of nitrogens with two attached hydrogens (primary N) is 1. The Hall–Kier alpha value is -2.37. The van der Waals surface area contributed by atoms with Crippen LogP contribution in [0.3, 0.4) is 0 Å². The van der Waals surface area contributed by atoms with Crippen molar-refractivity contribution in [1.82, 2.24) is 5.32 Å². The van der Waals surface area contributed by atoms with Gasteiger partial charge >= 0.3 is 0 Å². The number of hydrogen-bond acceptors (Lipinski definition) is 4. The van der Waals surface area contributed by atoms with E-state index < -0.39 is 11.9 Å². The first-order chi connectivity index (χ1) is 10.8. The van der Waals surface area contributed by atoms with Gasteiger partial charge in [0.15, 0.2) is 5.78 Å². The van der Waals surface area contributed by atoms with Gasteiger partial charge < -0.3 is 15.8 Å². The van der Waals surface area contributed by atoms with E-state index in [0.29, 0.717) is 16.9 Å². The monoisotopic (exact) mass is 320 g/mol. The van der Waals surface area contributed by atoms with Gasteiger partial charge in [0.1, 0.15) is 11.8 Å². The maximum absolute atomic E-state index is 12.2. The molecule has 126 valence electrons. The molecule has 0 fully saturated rings. The molecule has 0 spiro atoms. The number of ether oxygens (including phenoxy) is 1. The third kappa shape index (κ3) is 5.09. The van der Waals surface area contributed by atoms with Gasteiger partial charge in [-0.15, -0.1) is 0 Å². The van der Waals surface area contributed by atoms with E-state index in [-0.39, 0.29) is 24.0 Å². The third-order valence-corrected chi connectivity index (χ3v) is 3.87. The number of hydrogen-bond donors (Lipinski definition) is 2. The fourth-order valence-corrected chi connectivity index (χ4v) is 2.26. The Bertz CT molecular complexity index is 598. The molecule has 0 bridgehead atoms. The highest BCUT2D eigenvalue weighted by molar-refractivity contribution is 5.95. The molecular formula is C17H24N2O4. The molecule has 0 radical (unpaired) electrons. The molecule has 2 atom stereocenters. The maximum Gasteiger partial charge on any atom is 0.240 e. The van der Waals surface area contributed by atoms with Crippen LogP contribution in [-0.4, -0.2) is 30.7 Å². The molecule has 0 aliphatic carbocycles. The van der Waals surface area contributed by atoms with Crippen molar-refractivity contribution in [3.63, 3.8) is 0 Å². The van der Waals surface area contributed by atoms with E-state index in [4.69, 9.17) is 10.5 Å². The highest BCUT2D eigenvalue weighted by atomic mass is 16.5. The standard InChI is InChI=1S/C17H24N2O4/c1-5-10(2)16(17(18)22)19-15(21)9-13-8-12(11(3)20)6-7-14(13)23-4/h6-8,10,16H,5,9H2,1-4H3,(H2,18,22)(H,19,21). The predicted molar refractivity (Wildman–Crippen MR) is 87.3 cm³/mol. The second kappa shape index (κ2) is 8.31. The Morgan fingerprint density at radius 2 is 1.96 bits per heavy atom. The third-order valence-electron chi connectivity index (χ3n) is 3.87. The van der Waals surface area contributed by atoms with Gasteiger partial charge in [-0.25, -0.2) is 0 Å². The lowest BCUT2D eigenvalue weighted by atomic mass is 9.98. The average Bonchev–Trinajstić information content (AvgIpc) is 2.51. The summed E-state index contributed by atoms with van der Waals surface area (Å²) in [6, 6.07) is 4.21. The number of carbonyl (C=O) groups excluding carboxylic acids is 3. The zero-order chi connectivity index (χ0) is 17.6. The number of rotatable bonds is 8. The van der Waals surface area contributed by atoms with Crippen LogP contribution in [0.4, 0.5) is 0 Å². The number of benzene rings is 1. The first-order valence-corrected chi connectivity index (χ1v) is 7.56. The molecule has 1 aromatic carbocycles. The molecule has 2 unspecified atom stereocenters. The van der Waals surface area contributed by atoms with Gasteiger partial charge in [0.25, 0.3) is 0 Å². The highest BCUT2D eigenvalue weighted by Gasteiger charge is 2.24. The number of amides is 2. The molecule has 0 heterocycles. The number of methoxy groups -OCH3 is 1. The number of nitrogens with one attached hydrogen (secondary N) is 1. The van der Waals surface area contributed by atoms with Crippen LogP contribution >= 0.6 is 0 Å². The van der Waals surface area contributed by atoms with Crippen LogP contribution in [0.1, 0.15) is 43.1 Å². The van der Waals surface area contributed by atoms with Crippen molar-refractivity contribution in [2.24, 2.45) is 11.7 Å². The van der Waals surface area contributed by atoms with Gasteiger partial charge in [-0.1, -0.05) is 20.3 Å². The molecule has 0 saturated heterocycles. The summed E-state index contributed by atoms with van der Waals surface area (Å²) in [7, 11) is 1.50. The van der Waals surface area contributed by atoms with Crippen molar-refractivity contribution in [1.29, 1.82) is 0 Å². The first kappa shape index (κ1) is 18.7. The van der Waals surface area contributed by atoms with Crippen molar-refractivity contribution < 1.29 is 19.1 Å². The fraction of sp³-hybridized carbons (Fsp3) is 0.471. The Kier molecular flexibility index (Phi) is 6.75. The summed E-state index contributed by atoms with van der Waals surface area (Å²) in [6.07, 6.45) is 0.724. The summed E-state index contributed by atoms with van der Waals surface area (Å²) in [5, 5.41) is 2.66. The highest BCUT2D eigenvalue weighted by Crippen LogP contribution is 2.21. The molecular weight excluding hydrogens is 296 g/mol. The van der Waals surface area contributed by atoms with Crippen LogP contribution in [0.2, 0.25) is 0 Å². The van der Waals surface area contributed by atoms with Crippen LogP contribution in [0.25, 0.3) is 0 Å². The Balaban J connectivity index is 2.93. The van der Waals surface area contributed by atoms with E-state index in [2.05, 4.69) is 5.32 Å². The maximum atomic E-state index is 12.2. The normalized spacial score (nSPS) is 13.0. The van der Waals surface area contributed by atoms with Crippen LogP contribution in [0.5, 0.6) is 5.75 Å². The SMILES string of the molecule is CCC(C)C(NC(=O)Cc1cc(C(C)=O)ccc1OC)C(N)=O. The van der Waals surface area contributed by atoms with E-state index >= 15 is 0 Å². The predicted octanol–water partition coefficient (Wildman–Crippen LogP) is 1.46. The molecule has 1 aromatic rings. The van der Waals surface area contributed by atoms with Crippen LogP contribution < -0.4 is 15.8 Å². The molecule has 0 aliphatic heterocycles. The second-order valence-electron chi connectivity index (χ2n) is 5.59. The summed E-state index contributed by atoms with van der Waals surface area (Å²) in [5.41, 5.74) is 6.44. The van der Waals surface area contributed by atoms with Gasteiger partial charge in [0, 0.05) is 11.1 Å². The fourth-order valence-electron chi connectivity index (χ4n) is 2.26. The summed E-state index contributed by atoms with van der Waals surface area (Å²) < 4.78 is 5.22. The molecule has 6 nitrogen and oxygen atoms in total. The van der Waals surface area contributed by atoms with Crippen molar-refractivity contribution >= 4 is 17.6 Å². The van der Waals surface area contributed by atoms with E-state index in [1.54, 1.807) is 18.2 Å². The van der Waals surface area contributed by atoms with Crippen molar-refractivity contribution in [3.05, 3.63) is 29.3 Å². The minimum Gasteiger partial charge on any atom is -0.496 e. The lowest BCUT2D eigenvalue weighted by Gasteiger charge is -2.21. The van der Waals surface area contributed by atoms with Gasteiger partial charge in [-0.3, -0.25) is 14.4 Å². The molecule has 0 aromatic heterocycles. The van der Waals surface area contributed by atoms with Crippen molar-refractivity contribution in [2.45, 2.75) is 39.7 Å². The Morgan fingerprint density at radius 1 is 1.30 bits per heavy atom. The van der Waals surface area contributed by atoms with E-state index in [9.17, 15) is 14.4 Å². The zero-order valence-corrected chi connectivity index (χ0v) is 14.0. The summed E-state index contributed by atoms with van der Waals surface area (Å²) >= 11 is 0. The van der Waals surface area contributed by atoms with E-state index in [0.717, 1.165) is 6.42 Å². The van der Waals surface area contributed by atoms with Gasteiger partial charge in [-0.05, 0) is 31.0 Å². The summed E-state index contributed by atoms with van der Waals surface area (Å²) in [4.78, 5) is 35.2. The van der Waals surface area contributed by atoms with Crippen molar-refractivity contribution in [2.75, 3.05) is 7.11 Å². The van der Waals surface area contributed by atoms with E-state index in [1.165, 1.54) is 14.0 Å². The Morgan fingerprint density at radius 3 is 2.43 bits per heavy atom. The van der Waals surface area contributed by atoms with Crippen LogP contribution in [0, 0.1) is 5.92 Å². The lowest BCUT2D eigenvalue weighted by Crippen LogP contribution is -2.48. The smallest absolute Gasteiger partial charge is 0.240 e. The van der Waals surface area contributed by atoms with Gasteiger partial charge in [-0.2, -0.15) is 0 Å². The first-order valence-electron chi connectivity index (χ1n) is 7.56. The summed E-state index contributed by atoms with van der Waals surface area (Å²) in [5.74, 6) is -0.527. The molecule has 2 amide bonds. The summed E-state index contributed by atoms with van der Waals surface area (Å²) in [6.45, 7) is 5.23. The van der Waals surface area contributed by atoms with E-state index in [1.807, 2.05) is 13.8 Å². The molecule has 0 aliphatic rings. The molecule has 1 rings (SSSR count). The Labute approximate surface area is 136 Å². The second-order valence-corrected chi connectivity index (χ2v) is 5.59. The van der Waals surface area contributed by atoms with Crippen LogP contribution in [-0.2, 0) is 16.0 Å². The van der Waals surface area contributed by atoms with Crippen LogP contribution in [0.15, 0.2) is 18.2 Å². The number of primary amides is 1. The molecule has 3 N–H and O–H groups in total. The average molecular weight is 320 g/mol. The lowest BCUT2D eigenvalue weighted by molar-refractivity contribution is -0.128. The largest absolute Gasteiger partial charge is 0.496 e. The quantitative estimate of drug-likeness (QED) is 0.708. The number of Topliss-reactive ketones (excluding diaryl/α,β-unsaturated/α-hetero) is 1. The molecule has 0 saturated carbocycles. The molecule has 6 heteroatoms. The van der Waals surface area contributed by atoms with Crippen molar-refractivity contribution in [3.8, 4) is 5.75 Å². The van der Waals surface area contributed by atoms with Gasteiger partial charge in [0.05, 0.1) is 13.5 Å².